The lowest BCUT2D eigenvalue weighted by molar-refractivity contribution is 0.0295. The number of likely N-dealkylation sites (tertiary alicyclic amines) is 1. The van der Waals surface area contributed by atoms with Crippen LogP contribution in [-0.2, 0) is 4.74 Å². The van der Waals surface area contributed by atoms with Crippen molar-refractivity contribution in [3.8, 4) is 0 Å². The van der Waals surface area contributed by atoms with Crippen LogP contribution < -0.4 is 5.32 Å². The number of rotatable bonds is 3. The summed E-state index contributed by atoms with van der Waals surface area (Å²) in [5.74, 6) is -0.0203. The van der Waals surface area contributed by atoms with Gasteiger partial charge in [0.2, 0.25) is 0 Å². The van der Waals surface area contributed by atoms with Crippen LogP contribution in [0.2, 0.25) is 5.02 Å². The first-order chi connectivity index (χ1) is 13.0. The Bertz CT molecular complexity index is 702. The number of benzene rings is 1. The van der Waals surface area contributed by atoms with Gasteiger partial charge in [-0.25, -0.2) is 4.79 Å². The van der Waals surface area contributed by atoms with Crippen LogP contribution in [0.5, 0.6) is 0 Å². The summed E-state index contributed by atoms with van der Waals surface area (Å²) < 4.78 is 5.21. The second kappa shape index (κ2) is 9.17. The number of amides is 2. The zero-order valence-corrected chi connectivity index (χ0v) is 18.5. The molecule has 1 aromatic rings. The number of carbonyl (C=O) groups excluding carboxylic acids is 2. The molecule has 2 amide bonds. The third kappa shape index (κ3) is 7.01. The number of hydrogen-bond donors (Lipinski definition) is 1. The molecular formula is C22H33ClN2O3. The molecule has 5 nitrogen and oxygen atoms in total. The number of ether oxygens (including phenoxy) is 1. The molecule has 1 aliphatic heterocycles. The third-order valence-electron chi connectivity index (χ3n) is 5.05. The van der Waals surface area contributed by atoms with Crippen LogP contribution in [-0.4, -0.2) is 42.1 Å². The minimum atomic E-state index is -0.361. The van der Waals surface area contributed by atoms with Crippen molar-refractivity contribution in [3.05, 3.63) is 34.3 Å². The molecule has 0 spiro atoms. The van der Waals surface area contributed by atoms with Gasteiger partial charge in [-0.1, -0.05) is 24.6 Å². The fourth-order valence-corrected chi connectivity index (χ4v) is 3.03. The Balaban J connectivity index is 0.000000209. The SMILES string of the molecule is CC(C)(C)OC(=O)N1CCCC1.Cc1c(Cl)cccc1C(=O)NCC1(C)CC1. The van der Waals surface area contributed by atoms with Crippen molar-refractivity contribution in [1.29, 1.82) is 0 Å². The van der Waals surface area contributed by atoms with Gasteiger partial charge in [-0.05, 0) is 76.5 Å². The standard InChI is InChI=1S/C13H16ClNO.C9H17NO2/c1-9-10(4-3-5-11(9)14)12(16)15-8-13(2)6-7-13;1-9(2,3)12-8(11)10-6-4-5-7-10/h3-5H,6-8H2,1-2H3,(H,15,16);4-7H2,1-3H3. The van der Waals surface area contributed by atoms with E-state index >= 15 is 0 Å². The summed E-state index contributed by atoms with van der Waals surface area (Å²) in [6.07, 6.45) is 4.47. The molecular weight excluding hydrogens is 376 g/mol. The summed E-state index contributed by atoms with van der Waals surface area (Å²) in [5, 5.41) is 3.62. The van der Waals surface area contributed by atoms with E-state index in [1.807, 2.05) is 39.8 Å². The fraction of sp³-hybridized carbons (Fsp3) is 0.636. The van der Waals surface area contributed by atoms with Crippen LogP contribution in [0.15, 0.2) is 18.2 Å². The molecule has 0 atom stereocenters. The van der Waals surface area contributed by atoms with Gasteiger partial charge in [-0.3, -0.25) is 4.79 Å². The van der Waals surface area contributed by atoms with Gasteiger partial charge in [-0.15, -0.1) is 0 Å². The van der Waals surface area contributed by atoms with Gasteiger partial charge >= 0.3 is 6.09 Å². The van der Waals surface area contributed by atoms with Crippen molar-refractivity contribution in [3.63, 3.8) is 0 Å². The smallest absolute Gasteiger partial charge is 0.410 e. The van der Waals surface area contributed by atoms with Crippen molar-refractivity contribution >= 4 is 23.6 Å². The Morgan fingerprint density at radius 2 is 1.82 bits per heavy atom. The molecule has 0 unspecified atom stereocenters. The van der Waals surface area contributed by atoms with Gasteiger partial charge in [0.15, 0.2) is 0 Å². The average Bonchev–Trinajstić information content (AvgIpc) is 3.10. The highest BCUT2D eigenvalue weighted by molar-refractivity contribution is 6.31. The topological polar surface area (TPSA) is 58.6 Å². The first-order valence-corrected chi connectivity index (χ1v) is 10.4. The maximum absolute atomic E-state index is 11.9. The maximum atomic E-state index is 11.9. The molecule has 28 heavy (non-hydrogen) atoms. The Morgan fingerprint density at radius 1 is 1.21 bits per heavy atom. The molecule has 1 aromatic carbocycles. The second-order valence-electron chi connectivity index (χ2n) is 9.08. The highest BCUT2D eigenvalue weighted by atomic mass is 35.5. The Hall–Kier alpha value is -1.75. The van der Waals surface area contributed by atoms with Crippen molar-refractivity contribution in [2.24, 2.45) is 5.41 Å². The van der Waals surface area contributed by atoms with E-state index in [9.17, 15) is 9.59 Å². The molecule has 2 aliphatic rings. The van der Waals surface area contributed by atoms with Crippen molar-refractivity contribution in [2.45, 2.75) is 65.9 Å². The van der Waals surface area contributed by atoms with Crippen molar-refractivity contribution in [1.82, 2.24) is 10.2 Å². The number of carbonyl (C=O) groups is 2. The van der Waals surface area contributed by atoms with Crippen LogP contribution in [0.25, 0.3) is 0 Å². The van der Waals surface area contributed by atoms with E-state index in [1.165, 1.54) is 12.8 Å². The summed E-state index contributed by atoms with van der Waals surface area (Å²) in [7, 11) is 0. The van der Waals surface area contributed by atoms with E-state index in [2.05, 4.69) is 12.2 Å². The van der Waals surface area contributed by atoms with Crippen LogP contribution in [0.3, 0.4) is 0 Å². The van der Waals surface area contributed by atoms with Gasteiger partial charge in [0.1, 0.15) is 5.60 Å². The molecule has 6 heteroatoms. The highest BCUT2D eigenvalue weighted by Gasteiger charge is 2.37. The quantitative estimate of drug-likeness (QED) is 0.748. The zero-order chi connectivity index (χ0) is 20.9. The van der Waals surface area contributed by atoms with E-state index in [4.69, 9.17) is 16.3 Å². The lowest BCUT2D eigenvalue weighted by atomic mass is 10.1. The Labute approximate surface area is 173 Å². The van der Waals surface area contributed by atoms with Gasteiger partial charge < -0.3 is 15.0 Å². The summed E-state index contributed by atoms with van der Waals surface area (Å²) in [5.41, 5.74) is 1.50. The first kappa shape index (κ1) is 22.5. The predicted molar refractivity (Wildman–Crippen MR) is 113 cm³/mol. The zero-order valence-electron chi connectivity index (χ0n) is 17.7. The van der Waals surface area contributed by atoms with Gasteiger partial charge in [0.25, 0.3) is 5.91 Å². The fourth-order valence-electron chi connectivity index (χ4n) is 2.86. The molecule has 0 radical (unpaired) electrons. The molecule has 3 rings (SSSR count). The number of halogens is 1. The third-order valence-corrected chi connectivity index (χ3v) is 5.46. The summed E-state index contributed by atoms with van der Waals surface area (Å²) in [6, 6.07) is 5.42. The monoisotopic (exact) mass is 408 g/mol. The normalized spacial score (nSPS) is 17.4. The van der Waals surface area contributed by atoms with Crippen LogP contribution >= 0.6 is 11.6 Å². The number of hydrogen-bond acceptors (Lipinski definition) is 3. The Morgan fingerprint density at radius 3 is 2.36 bits per heavy atom. The maximum Gasteiger partial charge on any atom is 0.410 e. The van der Waals surface area contributed by atoms with E-state index in [1.54, 1.807) is 11.0 Å². The Kier molecular flexibility index (Phi) is 7.38. The predicted octanol–water partition coefficient (Wildman–Crippen LogP) is 5.20. The highest BCUT2D eigenvalue weighted by Crippen LogP contribution is 2.44. The van der Waals surface area contributed by atoms with Gasteiger partial charge in [0.05, 0.1) is 0 Å². The lowest BCUT2D eigenvalue weighted by Crippen LogP contribution is -2.34. The summed E-state index contributed by atoms with van der Waals surface area (Å²) in [6.45, 7) is 12.2. The van der Waals surface area contributed by atoms with E-state index in [0.29, 0.717) is 16.0 Å². The largest absolute Gasteiger partial charge is 0.444 e. The number of nitrogens with zero attached hydrogens (tertiary/aromatic N) is 1. The average molecular weight is 409 g/mol. The lowest BCUT2D eigenvalue weighted by Gasteiger charge is -2.23. The summed E-state index contributed by atoms with van der Waals surface area (Å²) in [4.78, 5) is 25.1. The molecule has 0 bridgehead atoms. The summed E-state index contributed by atoms with van der Waals surface area (Å²) >= 11 is 5.98. The molecule has 2 fully saturated rings. The first-order valence-electron chi connectivity index (χ1n) is 10.0. The van der Waals surface area contributed by atoms with E-state index in [-0.39, 0.29) is 17.6 Å². The molecule has 1 saturated heterocycles. The second-order valence-corrected chi connectivity index (χ2v) is 9.49. The molecule has 1 N–H and O–H groups in total. The molecule has 1 aliphatic carbocycles. The molecule has 156 valence electrons. The van der Waals surface area contributed by atoms with Gasteiger partial charge in [0, 0.05) is 30.2 Å². The number of nitrogens with one attached hydrogen (secondary N) is 1. The molecule has 1 heterocycles. The minimum absolute atomic E-state index is 0.0203. The van der Waals surface area contributed by atoms with Crippen molar-refractivity contribution < 1.29 is 14.3 Å². The van der Waals surface area contributed by atoms with Gasteiger partial charge in [-0.2, -0.15) is 0 Å². The van der Waals surface area contributed by atoms with E-state index in [0.717, 1.165) is 38.0 Å². The molecule has 0 aromatic heterocycles. The van der Waals surface area contributed by atoms with E-state index < -0.39 is 0 Å². The minimum Gasteiger partial charge on any atom is -0.444 e. The van der Waals surface area contributed by atoms with Crippen LogP contribution in [0.4, 0.5) is 4.79 Å². The van der Waals surface area contributed by atoms with Crippen LogP contribution in [0.1, 0.15) is 69.3 Å². The molecule has 1 saturated carbocycles. The van der Waals surface area contributed by atoms with Crippen LogP contribution in [0, 0.1) is 12.3 Å². The van der Waals surface area contributed by atoms with Crippen molar-refractivity contribution in [2.75, 3.05) is 19.6 Å².